The van der Waals surface area contributed by atoms with Gasteiger partial charge in [-0.15, -0.1) is 0 Å². The number of halogens is 1. The molecule has 0 radical (unpaired) electrons. The van der Waals surface area contributed by atoms with E-state index in [1.165, 1.54) is 15.6 Å². The zero-order valence-corrected chi connectivity index (χ0v) is 11.7. The quantitative estimate of drug-likeness (QED) is 0.787. The van der Waals surface area contributed by atoms with Crippen molar-refractivity contribution in [3.8, 4) is 5.75 Å². The molecule has 0 N–H and O–H groups in total. The van der Waals surface area contributed by atoms with Crippen molar-refractivity contribution in [2.24, 2.45) is 5.92 Å². The lowest BCUT2D eigenvalue weighted by Gasteiger charge is -2.19. The lowest BCUT2D eigenvalue weighted by atomic mass is 10.1. The van der Waals surface area contributed by atoms with Gasteiger partial charge in [0, 0.05) is 4.47 Å². The minimum absolute atomic E-state index is 0.255. The molecule has 2 heteroatoms. The normalized spacial score (nSPS) is 13.0. The third-order valence-corrected chi connectivity index (χ3v) is 3.92. The molecule has 0 heterocycles. The molecule has 0 aliphatic rings. The standard InChI is InChI=1S/C13H19BrO/c1-8(2)11(5)15-12-6-9(3)13(14)10(4)7-12/h6-8,11H,1-5H3. The van der Waals surface area contributed by atoms with Gasteiger partial charge in [0.2, 0.25) is 0 Å². The number of rotatable bonds is 3. The average Bonchev–Trinajstić information content (AvgIpc) is 2.13. The van der Waals surface area contributed by atoms with E-state index in [4.69, 9.17) is 4.74 Å². The summed E-state index contributed by atoms with van der Waals surface area (Å²) in [6, 6.07) is 4.16. The molecule has 1 unspecified atom stereocenters. The molecule has 0 aliphatic carbocycles. The Labute approximate surface area is 101 Å². The summed E-state index contributed by atoms with van der Waals surface area (Å²) in [4.78, 5) is 0. The zero-order chi connectivity index (χ0) is 11.6. The van der Waals surface area contributed by atoms with Crippen LogP contribution in [0.5, 0.6) is 5.75 Å². The third kappa shape index (κ3) is 3.23. The van der Waals surface area contributed by atoms with Crippen molar-refractivity contribution in [2.75, 3.05) is 0 Å². The van der Waals surface area contributed by atoms with Crippen LogP contribution in [0.1, 0.15) is 31.9 Å². The Morgan fingerprint density at radius 2 is 1.53 bits per heavy atom. The first-order valence-electron chi connectivity index (χ1n) is 5.35. The third-order valence-electron chi connectivity index (χ3n) is 2.67. The van der Waals surface area contributed by atoms with Crippen LogP contribution in [-0.2, 0) is 0 Å². The summed E-state index contributed by atoms with van der Waals surface area (Å²) >= 11 is 3.55. The molecule has 1 atom stereocenters. The Kier molecular flexibility index (Phi) is 4.21. The van der Waals surface area contributed by atoms with Crippen LogP contribution in [-0.4, -0.2) is 6.10 Å². The van der Waals surface area contributed by atoms with E-state index >= 15 is 0 Å². The van der Waals surface area contributed by atoms with Crippen molar-refractivity contribution in [2.45, 2.75) is 40.7 Å². The van der Waals surface area contributed by atoms with Gasteiger partial charge in [-0.05, 0) is 49.9 Å². The lowest BCUT2D eigenvalue weighted by molar-refractivity contribution is 0.170. The van der Waals surface area contributed by atoms with Gasteiger partial charge in [0.05, 0.1) is 6.10 Å². The minimum Gasteiger partial charge on any atom is -0.490 e. The van der Waals surface area contributed by atoms with Gasteiger partial charge in [-0.1, -0.05) is 29.8 Å². The molecule has 0 bridgehead atoms. The van der Waals surface area contributed by atoms with Crippen LogP contribution >= 0.6 is 15.9 Å². The fourth-order valence-electron chi connectivity index (χ4n) is 1.32. The van der Waals surface area contributed by atoms with Gasteiger partial charge in [-0.3, -0.25) is 0 Å². The molecule has 1 aromatic carbocycles. The molecule has 0 amide bonds. The summed E-state index contributed by atoms with van der Waals surface area (Å²) in [6.45, 7) is 10.6. The van der Waals surface area contributed by atoms with E-state index in [1.54, 1.807) is 0 Å². The minimum atomic E-state index is 0.255. The summed E-state index contributed by atoms with van der Waals surface area (Å²) in [7, 11) is 0. The van der Waals surface area contributed by atoms with Crippen molar-refractivity contribution in [1.29, 1.82) is 0 Å². The van der Waals surface area contributed by atoms with Crippen LogP contribution in [0.15, 0.2) is 16.6 Å². The molecule has 1 aromatic rings. The molecular formula is C13H19BrO. The molecule has 0 aliphatic heterocycles. The van der Waals surface area contributed by atoms with E-state index in [9.17, 15) is 0 Å². The Balaban J connectivity index is 2.88. The average molecular weight is 271 g/mol. The number of benzene rings is 1. The van der Waals surface area contributed by atoms with Gasteiger partial charge in [0.25, 0.3) is 0 Å². The van der Waals surface area contributed by atoms with E-state index in [2.05, 4.69) is 62.7 Å². The largest absolute Gasteiger partial charge is 0.490 e. The fraction of sp³-hybridized carbons (Fsp3) is 0.538. The van der Waals surface area contributed by atoms with Gasteiger partial charge >= 0.3 is 0 Å². The second kappa shape index (κ2) is 5.02. The van der Waals surface area contributed by atoms with Crippen LogP contribution in [0, 0.1) is 19.8 Å². The number of ether oxygens (including phenoxy) is 1. The van der Waals surface area contributed by atoms with Crippen molar-refractivity contribution in [3.05, 3.63) is 27.7 Å². The highest BCUT2D eigenvalue weighted by Crippen LogP contribution is 2.27. The lowest BCUT2D eigenvalue weighted by Crippen LogP contribution is -2.18. The van der Waals surface area contributed by atoms with Crippen molar-refractivity contribution in [3.63, 3.8) is 0 Å². The molecule has 1 rings (SSSR count). The predicted octanol–water partition coefficient (Wildman–Crippen LogP) is 4.49. The van der Waals surface area contributed by atoms with Gasteiger partial charge < -0.3 is 4.74 Å². The highest BCUT2D eigenvalue weighted by Gasteiger charge is 2.10. The highest BCUT2D eigenvalue weighted by atomic mass is 79.9. The molecule has 84 valence electrons. The second-order valence-electron chi connectivity index (χ2n) is 4.44. The van der Waals surface area contributed by atoms with Gasteiger partial charge in [0.15, 0.2) is 0 Å². The molecule has 0 spiro atoms. The summed E-state index contributed by atoms with van der Waals surface area (Å²) in [5.41, 5.74) is 2.45. The van der Waals surface area contributed by atoms with Crippen molar-refractivity contribution >= 4 is 15.9 Å². The molecule has 1 nitrogen and oxygen atoms in total. The topological polar surface area (TPSA) is 9.23 Å². The highest BCUT2D eigenvalue weighted by molar-refractivity contribution is 9.10. The Hall–Kier alpha value is -0.500. The van der Waals surface area contributed by atoms with Crippen LogP contribution in [0.4, 0.5) is 0 Å². The van der Waals surface area contributed by atoms with Crippen LogP contribution in [0.3, 0.4) is 0 Å². The number of hydrogen-bond donors (Lipinski definition) is 0. The summed E-state index contributed by atoms with van der Waals surface area (Å²) in [5.74, 6) is 1.50. The van der Waals surface area contributed by atoms with E-state index in [1.807, 2.05) is 0 Å². The molecule has 0 aromatic heterocycles. The molecule has 0 saturated carbocycles. The van der Waals surface area contributed by atoms with Crippen LogP contribution < -0.4 is 4.74 Å². The van der Waals surface area contributed by atoms with Crippen molar-refractivity contribution in [1.82, 2.24) is 0 Å². The first-order chi connectivity index (χ1) is 6.91. The van der Waals surface area contributed by atoms with Crippen molar-refractivity contribution < 1.29 is 4.74 Å². The van der Waals surface area contributed by atoms with E-state index in [-0.39, 0.29) is 6.10 Å². The maximum atomic E-state index is 5.87. The van der Waals surface area contributed by atoms with Gasteiger partial charge in [-0.2, -0.15) is 0 Å². The number of aryl methyl sites for hydroxylation is 2. The van der Waals surface area contributed by atoms with E-state index in [0.29, 0.717) is 5.92 Å². The second-order valence-corrected chi connectivity index (χ2v) is 5.23. The molecule has 0 saturated heterocycles. The Morgan fingerprint density at radius 3 is 1.93 bits per heavy atom. The Bertz CT molecular complexity index is 321. The first kappa shape index (κ1) is 12.6. The summed E-state index contributed by atoms with van der Waals surface area (Å²) < 4.78 is 7.04. The van der Waals surface area contributed by atoms with E-state index < -0.39 is 0 Å². The maximum absolute atomic E-state index is 5.87. The SMILES string of the molecule is Cc1cc(OC(C)C(C)C)cc(C)c1Br. The summed E-state index contributed by atoms with van der Waals surface area (Å²) in [5, 5.41) is 0. The smallest absolute Gasteiger partial charge is 0.120 e. The molecular weight excluding hydrogens is 252 g/mol. The first-order valence-corrected chi connectivity index (χ1v) is 6.14. The van der Waals surface area contributed by atoms with E-state index in [0.717, 1.165) is 5.75 Å². The predicted molar refractivity (Wildman–Crippen MR) is 68.5 cm³/mol. The van der Waals surface area contributed by atoms with Gasteiger partial charge in [-0.25, -0.2) is 0 Å². The molecule has 0 fully saturated rings. The monoisotopic (exact) mass is 270 g/mol. The van der Waals surface area contributed by atoms with Crippen LogP contribution in [0.2, 0.25) is 0 Å². The maximum Gasteiger partial charge on any atom is 0.120 e. The summed E-state index contributed by atoms with van der Waals surface area (Å²) in [6.07, 6.45) is 0.255. The van der Waals surface area contributed by atoms with Gasteiger partial charge in [0.1, 0.15) is 5.75 Å². The Morgan fingerprint density at radius 1 is 1.07 bits per heavy atom. The number of hydrogen-bond acceptors (Lipinski definition) is 1. The fourth-order valence-corrected chi connectivity index (χ4v) is 1.55. The van der Waals surface area contributed by atoms with Crippen LogP contribution in [0.25, 0.3) is 0 Å². The zero-order valence-electron chi connectivity index (χ0n) is 10.1. The molecule has 15 heavy (non-hydrogen) atoms.